The molecule has 0 aliphatic heterocycles. The van der Waals surface area contributed by atoms with E-state index in [9.17, 15) is 9.59 Å². The van der Waals surface area contributed by atoms with Crippen LogP contribution >= 0.6 is 11.6 Å². The van der Waals surface area contributed by atoms with Crippen LogP contribution in [0.4, 0.5) is 10.5 Å². The Hall–Kier alpha value is -1.75. The fourth-order valence-electron chi connectivity index (χ4n) is 2.05. The van der Waals surface area contributed by atoms with E-state index in [1.807, 2.05) is 13.8 Å². The molecule has 21 heavy (non-hydrogen) atoms. The fraction of sp³-hybridized carbons (Fsp3) is 0.467. The third kappa shape index (κ3) is 4.11. The molecular weight excluding hydrogens is 292 g/mol. The van der Waals surface area contributed by atoms with E-state index in [1.165, 1.54) is 18.2 Å². The summed E-state index contributed by atoms with van der Waals surface area (Å²) in [7, 11) is 0. The van der Waals surface area contributed by atoms with E-state index in [4.69, 9.17) is 16.7 Å². The number of carbonyl (C=O) groups is 2. The number of benzene rings is 1. The van der Waals surface area contributed by atoms with Crippen molar-refractivity contribution in [1.82, 2.24) is 4.90 Å². The van der Waals surface area contributed by atoms with Crippen molar-refractivity contribution in [3.05, 3.63) is 28.8 Å². The van der Waals surface area contributed by atoms with Crippen LogP contribution in [0.2, 0.25) is 5.02 Å². The van der Waals surface area contributed by atoms with E-state index in [0.717, 1.165) is 19.4 Å². The Bertz CT molecular complexity index is 556. The van der Waals surface area contributed by atoms with E-state index in [0.29, 0.717) is 16.6 Å². The topological polar surface area (TPSA) is 69.6 Å². The van der Waals surface area contributed by atoms with Crippen LogP contribution in [0.5, 0.6) is 0 Å². The molecule has 2 N–H and O–H groups in total. The molecule has 1 saturated carbocycles. The van der Waals surface area contributed by atoms with Crippen LogP contribution < -0.4 is 5.32 Å². The first-order chi connectivity index (χ1) is 9.88. The summed E-state index contributed by atoms with van der Waals surface area (Å²) < 4.78 is 0. The summed E-state index contributed by atoms with van der Waals surface area (Å²) in [6.45, 7) is 4.63. The minimum atomic E-state index is -1.05. The number of carboxylic acid groups (broad SMARTS) is 1. The second-order valence-corrected chi connectivity index (χ2v) is 6.03. The Morgan fingerprint density at radius 3 is 2.62 bits per heavy atom. The number of aromatic carboxylic acids is 1. The molecule has 0 heterocycles. The number of halogens is 1. The van der Waals surface area contributed by atoms with Crippen LogP contribution in [0.3, 0.4) is 0 Å². The Balaban J connectivity index is 2.13. The number of urea groups is 1. The molecule has 0 aromatic heterocycles. The molecule has 6 heteroatoms. The summed E-state index contributed by atoms with van der Waals surface area (Å²) in [5, 5.41) is 12.0. The number of hydrogen-bond acceptors (Lipinski definition) is 2. The smallest absolute Gasteiger partial charge is 0.335 e. The van der Waals surface area contributed by atoms with Gasteiger partial charge in [0.1, 0.15) is 0 Å². The van der Waals surface area contributed by atoms with Crippen LogP contribution in [0.1, 0.15) is 37.0 Å². The standard InChI is InChI=1S/C15H19ClN2O3/c1-9(2)18(8-10-3-4-10)15(21)17-13-7-11(14(19)20)5-6-12(13)16/h5-7,9-10H,3-4,8H2,1-2H3,(H,17,21)(H,19,20). The molecular formula is C15H19ClN2O3. The summed E-state index contributed by atoms with van der Waals surface area (Å²) in [5.41, 5.74) is 0.413. The number of hydrogen-bond donors (Lipinski definition) is 2. The Labute approximate surface area is 128 Å². The maximum atomic E-state index is 12.4. The average Bonchev–Trinajstić information content (AvgIpc) is 3.21. The predicted octanol–water partition coefficient (Wildman–Crippen LogP) is 3.69. The summed E-state index contributed by atoms with van der Waals surface area (Å²) in [6, 6.07) is 4.08. The highest BCUT2D eigenvalue weighted by Gasteiger charge is 2.28. The maximum Gasteiger partial charge on any atom is 0.335 e. The largest absolute Gasteiger partial charge is 0.478 e. The van der Waals surface area contributed by atoms with E-state index in [1.54, 1.807) is 4.90 Å². The highest BCUT2D eigenvalue weighted by Crippen LogP contribution is 2.31. The summed E-state index contributed by atoms with van der Waals surface area (Å²) >= 11 is 6.02. The molecule has 1 aliphatic rings. The van der Waals surface area contributed by atoms with Gasteiger partial charge in [-0.2, -0.15) is 0 Å². The molecule has 0 saturated heterocycles. The molecule has 1 fully saturated rings. The molecule has 114 valence electrons. The highest BCUT2D eigenvalue weighted by atomic mass is 35.5. The number of carbonyl (C=O) groups excluding carboxylic acids is 1. The van der Waals surface area contributed by atoms with Gasteiger partial charge in [0.25, 0.3) is 0 Å². The monoisotopic (exact) mass is 310 g/mol. The Kier molecular flexibility index (Phi) is 4.73. The number of anilines is 1. The van der Waals surface area contributed by atoms with Gasteiger partial charge < -0.3 is 15.3 Å². The lowest BCUT2D eigenvalue weighted by Crippen LogP contribution is -2.41. The van der Waals surface area contributed by atoms with Crippen molar-refractivity contribution in [2.24, 2.45) is 5.92 Å². The fourth-order valence-corrected chi connectivity index (χ4v) is 2.21. The van der Waals surface area contributed by atoms with Crippen molar-refractivity contribution in [1.29, 1.82) is 0 Å². The van der Waals surface area contributed by atoms with Gasteiger partial charge in [0.2, 0.25) is 0 Å². The minimum absolute atomic E-state index is 0.0760. The van der Waals surface area contributed by atoms with Gasteiger partial charge in [0, 0.05) is 12.6 Å². The van der Waals surface area contributed by atoms with Crippen molar-refractivity contribution >= 4 is 29.3 Å². The summed E-state index contributed by atoms with van der Waals surface area (Å²) in [6.07, 6.45) is 2.32. The number of amides is 2. The molecule has 1 aliphatic carbocycles. The third-order valence-corrected chi connectivity index (χ3v) is 3.82. The van der Waals surface area contributed by atoms with Crippen molar-refractivity contribution in [3.63, 3.8) is 0 Å². The van der Waals surface area contributed by atoms with Crippen LogP contribution in [-0.2, 0) is 0 Å². The first kappa shape index (κ1) is 15.6. The lowest BCUT2D eigenvalue weighted by atomic mass is 10.2. The van der Waals surface area contributed by atoms with E-state index in [2.05, 4.69) is 5.32 Å². The molecule has 2 rings (SSSR count). The molecule has 0 radical (unpaired) electrons. The molecule has 1 aromatic carbocycles. The van der Waals surface area contributed by atoms with E-state index < -0.39 is 5.97 Å². The number of carboxylic acids is 1. The molecule has 1 aromatic rings. The number of nitrogens with zero attached hydrogens (tertiary/aromatic N) is 1. The van der Waals surface area contributed by atoms with Crippen LogP contribution in [-0.4, -0.2) is 34.6 Å². The molecule has 0 unspecified atom stereocenters. The zero-order valence-corrected chi connectivity index (χ0v) is 12.9. The molecule has 2 amide bonds. The summed E-state index contributed by atoms with van der Waals surface area (Å²) in [4.78, 5) is 25.1. The Morgan fingerprint density at radius 2 is 2.10 bits per heavy atom. The minimum Gasteiger partial charge on any atom is -0.478 e. The zero-order valence-electron chi connectivity index (χ0n) is 12.1. The quantitative estimate of drug-likeness (QED) is 0.871. The van der Waals surface area contributed by atoms with Crippen molar-refractivity contribution in [3.8, 4) is 0 Å². The number of rotatable bonds is 5. The maximum absolute atomic E-state index is 12.4. The second-order valence-electron chi connectivity index (χ2n) is 5.62. The van der Waals surface area contributed by atoms with Gasteiger partial charge in [-0.25, -0.2) is 9.59 Å². The van der Waals surface area contributed by atoms with E-state index >= 15 is 0 Å². The van der Waals surface area contributed by atoms with Gasteiger partial charge in [0.05, 0.1) is 16.3 Å². The predicted molar refractivity (Wildman–Crippen MR) is 82.0 cm³/mol. The lowest BCUT2D eigenvalue weighted by Gasteiger charge is -2.27. The SMILES string of the molecule is CC(C)N(CC1CC1)C(=O)Nc1cc(C(=O)O)ccc1Cl. The van der Waals surface area contributed by atoms with Gasteiger partial charge >= 0.3 is 12.0 Å². The van der Waals surface area contributed by atoms with Crippen molar-refractivity contribution in [2.45, 2.75) is 32.7 Å². The van der Waals surface area contributed by atoms with Gasteiger partial charge in [-0.05, 0) is 50.8 Å². The zero-order chi connectivity index (χ0) is 15.6. The molecule has 0 bridgehead atoms. The highest BCUT2D eigenvalue weighted by molar-refractivity contribution is 6.33. The lowest BCUT2D eigenvalue weighted by molar-refractivity contribution is 0.0697. The molecule has 0 spiro atoms. The van der Waals surface area contributed by atoms with Gasteiger partial charge in [-0.1, -0.05) is 11.6 Å². The normalized spacial score (nSPS) is 14.1. The summed E-state index contributed by atoms with van der Waals surface area (Å²) in [5.74, 6) is -0.472. The van der Waals surface area contributed by atoms with Crippen LogP contribution in [0.15, 0.2) is 18.2 Å². The molecule has 5 nitrogen and oxygen atoms in total. The average molecular weight is 311 g/mol. The van der Waals surface area contributed by atoms with Crippen LogP contribution in [0.25, 0.3) is 0 Å². The van der Waals surface area contributed by atoms with Crippen molar-refractivity contribution in [2.75, 3.05) is 11.9 Å². The van der Waals surface area contributed by atoms with E-state index in [-0.39, 0.29) is 17.6 Å². The van der Waals surface area contributed by atoms with Gasteiger partial charge in [-0.15, -0.1) is 0 Å². The Morgan fingerprint density at radius 1 is 1.43 bits per heavy atom. The van der Waals surface area contributed by atoms with Crippen LogP contribution in [0, 0.1) is 5.92 Å². The number of nitrogens with one attached hydrogen (secondary N) is 1. The second kappa shape index (κ2) is 6.35. The first-order valence-corrected chi connectivity index (χ1v) is 7.36. The van der Waals surface area contributed by atoms with Gasteiger partial charge in [-0.3, -0.25) is 0 Å². The van der Waals surface area contributed by atoms with Gasteiger partial charge in [0.15, 0.2) is 0 Å². The van der Waals surface area contributed by atoms with Crippen molar-refractivity contribution < 1.29 is 14.7 Å². The molecule has 0 atom stereocenters. The third-order valence-electron chi connectivity index (χ3n) is 3.49. The first-order valence-electron chi connectivity index (χ1n) is 6.99.